The summed E-state index contributed by atoms with van der Waals surface area (Å²) < 4.78 is 0. The number of hydrogen-bond donors (Lipinski definition) is 1. The Labute approximate surface area is 70.4 Å². The molecule has 0 amide bonds. The van der Waals surface area contributed by atoms with Crippen molar-refractivity contribution < 1.29 is 0 Å². The van der Waals surface area contributed by atoms with Gasteiger partial charge in [-0.3, -0.25) is 0 Å². The molecule has 0 aliphatic carbocycles. The summed E-state index contributed by atoms with van der Waals surface area (Å²) in [5.74, 6) is 6.19. The molecule has 11 heavy (non-hydrogen) atoms. The lowest BCUT2D eigenvalue weighted by atomic mass is 9.93. The highest BCUT2D eigenvalue weighted by Crippen LogP contribution is 2.16. The van der Waals surface area contributed by atoms with Crippen molar-refractivity contribution in [3.8, 4) is 11.8 Å². The molecule has 1 atom stereocenters. The van der Waals surface area contributed by atoms with Crippen molar-refractivity contribution in [1.82, 2.24) is 0 Å². The molecule has 0 saturated carbocycles. The van der Waals surface area contributed by atoms with Gasteiger partial charge in [-0.2, -0.15) is 0 Å². The molecule has 1 heteroatoms. The van der Waals surface area contributed by atoms with Crippen molar-refractivity contribution >= 4 is 0 Å². The summed E-state index contributed by atoms with van der Waals surface area (Å²) in [6.45, 7) is 8.54. The Bertz CT molecular complexity index is 152. The average Bonchev–Trinajstić information content (AvgIpc) is 1.78. The minimum absolute atomic E-state index is 0.211. The largest absolute Gasteiger partial charge is 0.327 e. The maximum Gasteiger partial charge on any atom is 0.0238 e. The molecule has 0 rings (SSSR count). The lowest BCUT2D eigenvalue weighted by Gasteiger charge is -2.12. The molecule has 0 aliphatic heterocycles. The van der Waals surface area contributed by atoms with Gasteiger partial charge in [0.2, 0.25) is 0 Å². The highest BCUT2D eigenvalue weighted by Gasteiger charge is 2.06. The fourth-order valence-corrected chi connectivity index (χ4v) is 0.561. The molecule has 0 aromatic rings. The molecule has 0 aromatic heterocycles. The van der Waals surface area contributed by atoms with Crippen LogP contribution in [0.25, 0.3) is 0 Å². The molecule has 0 fully saturated rings. The SMILES string of the molecule is CC(N)CC#CCC(C)(C)C. The molecule has 1 nitrogen and oxygen atoms in total. The first-order valence-electron chi connectivity index (χ1n) is 4.13. The Morgan fingerprint density at radius 1 is 1.27 bits per heavy atom. The van der Waals surface area contributed by atoms with Gasteiger partial charge in [-0.05, 0) is 12.3 Å². The lowest BCUT2D eigenvalue weighted by Crippen LogP contribution is -2.13. The highest BCUT2D eigenvalue weighted by molar-refractivity contribution is 5.02. The first-order valence-corrected chi connectivity index (χ1v) is 4.13. The van der Waals surface area contributed by atoms with Crippen LogP contribution in [0.4, 0.5) is 0 Å². The summed E-state index contributed by atoms with van der Waals surface area (Å²) in [6, 6.07) is 0.211. The third-order valence-corrected chi connectivity index (χ3v) is 1.17. The van der Waals surface area contributed by atoms with Crippen molar-refractivity contribution in [1.29, 1.82) is 0 Å². The Balaban J connectivity index is 3.57. The zero-order valence-electron chi connectivity index (χ0n) is 8.07. The van der Waals surface area contributed by atoms with E-state index in [0.717, 1.165) is 12.8 Å². The molecule has 2 N–H and O–H groups in total. The standard InChI is InChI=1S/C10H19N/c1-9(11)7-5-6-8-10(2,3)4/h9H,7-8,11H2,1-4H3. The minimum Gasteiger partial charge on any atom is -0.327 e. The van der Waals surface area contributed by atoms with Crippen LogP contribution in [0.15, 0.2) is 0 Å². The summed E-state index contributed by atoms with van der Waals surface area (Å²) in [7, 11) is 0. The second kappa shape index (κ2) is 4.41. The van der Waals surface area contributed by atoms with Crippen LogP contribution in [0.1, 0.15) is 40.5 Å². The smallest absolute Gasteiger partial charge is 0.0238 e. The zero-order chi connectivity index (χ0) is 8.91. The Morgan fingerprint density at radius 3 is 2.18 bits per heavy atom. The van der Waals surface area contributed by atoms with E-state index in [0.29, 0.717) is 5.41 Å². The van der Waals surface area contributed by atoms with E-state index in [2.05, 4.69) is 32.6 Å². The van der Waals surface area contributed by atoms with Gasteiger partial charge < -0.3 is 5.73 Å². The molecule has 0 radical (unpaired) electrons. The van der Waals surface area contributed by atoms with Crippen LogP contribution in [0.2, 0.25) is 0 Å². The van der Waals surface area contributed by atoms with Crippen molar-refractivity contribution in [2.75, 3.05) is 0 Å². The van der Waals surface area contributed by atoms with Crippen LogP contribution < -0.4 is 5.73 Å². The summed E-state index contributed by atoms with van der Waals surface area (Å²) in [6.07, 6.45) is 1.77. The van der Waals surface area contributed by atoms with Gasteiger partial charge >= 0.3 is 0 Å². The van der Waals surface area contributed by atoms with Crippen LogP contribution >= 0.6 is 0 Å². The van der Waals surface area contributed by atoms with E-state index < -0.39 is 0 Å². The first kappa shape index (κ1) is 10.5. The van der Waals surface area contributed by atoms with Gasteiger partial charge in [0.15, 0.2) is 0 Å². The van der Waals surface area contributed by atoms with E-state index in [-0.39, 0.29) is 6.04 Å². The third-order valence-electron chi connectivity index (χ3n) is 1.17. The van der Waals surface area contributed by atoms with E-state index >= 15 is 0 Å². The fourth-order valence-electron chi connectivity index (χ4n) is 0.561. The predicted molar refractivity (Wildman–Crippen MR) is 50.1 cm³/mol. The summed E-state index contributed by atoms with van der Waals surface area (Å²) >= 11 is 0. The van der Waals surface area contributed by atoms with Crippen LogP contribution in [0, 0.1) is 17.3 Å². The van der Waals surface area contributed by atoms with E-state index in [1.165, 1.54) is 0 Å². The Kier molecular flexibility index (Phi) is 4.22. The zero-order valence-corrected chi connectivity index (χ0v) is 8.07. The topological polar surface area (TPSA) is 26.0 Å². The van der Waals surface area contributed by atoms with E-state index in [1.54, 1.807) is 0 Å². The molecule has 0 saturated heterocycles. The van der Waals surface area contributed by atoms with Gasteiger partial charge in [0.25, 0.3) is 0 Å². The average molecular weight is 153 g/mol. The maximum atomic E-state index is 5.54. The molecule has 64 valence electrons. The second-order valence-electron chi connectivity index (χ2n) is 4.27. The molecule has 0 aliphatic rings. The Morgan fingerprint density at radius 2 is 1.82 bits per heavy atom. The maximum absolute atomic E-state index is 5.54. The fraction of sp³-hybridized carbons (Fsp3) is 0.800. The van der Waals surface area contributed by atoms with Crippen LogP contribution in [-0.2, 0) is 0 Å². The summed E-state index contributed by atoms with van der Waals surface area (Å²) in [5, 5.41) is 0. The van der Waals surface area contributed by atoms with Gasteiger partial charge in [0, 0.05) is 18.9 Å². The molecular formula is C10H19N. The van der Waals surface area contributed by atoms with Crippen molar-refractivity contribution in [2.45, 2.75) is 46.6 Å². The van der Waals surface area contributed by atoms with Gasteiger partial charge in [0.05, 0.1) is 0 Å². The van der Waals surface area contributed by atoms with Gasteiger partial charge in [0.1, 0.15) is 0 Å². The van der Waals surface area contributed by atoms with E-state index in [1.807, 2.05) is 6.92 Å². The van der Waals surface area contributed by atoms with Crippen LogP contribution in [0.5, 0.6) is 0 Å². The quantitative estimate of drug-likeness (QED) is 0.574. The lowest BCUT2D eigenvalue weighted by molar-refractivity contribution is 0.427. The van der Waals surface area contributed by atoms with E-state index in [9.17, 15) is 0 Å². The molecule has 0 heterocycles. The second-order valence-corrected chi connectivity index (χ2v) is 4.27. The molecule has 0 aromatic carbocycles. The number of rotatable bonds is 1. The number of nitrogens with two attached hydrogens (primary N) is 1. The highest BCUT2D eigenvalue weighted by atomic mass is 14.6. The van der Waals surface area contributed by atoms with Crippen molar-refractivity contribution in [3.05, 3.63) is 0 Å². The van der Waals surface area contributed by atoms with Gasteiger partial charge in [-0.1, -0.05) is 20.8 Å². The monoisotopic (exact) mass is 153 g/mol. The summed E-state index contributed by atoms with van der Waals surface area (Å²) in [4.78, 5) is 0. The van der Waals surface area contributed by atoms with Crippen LogP contribution in [0.3, 0.4) is 0 Å². The van der Waals surface area contributed by atoms with Gasteiger partial charge in [-0.15, -0.1) is 11.8 Å². The van der Waals surface area contributed by atoms with Crippen LogP contribution in [-0.4, -0.2) is 6.04 Å². The van der Waals surface area contributed by atoms with Crippen molar-refractivity contribution in [3.63, 3.8) is 0 Å². The molecule has 0 bridgehead atoms. The summed E-state index contributed by atoms with van der Waals surface area (Å²) in [5.41, 5.74) is 5.86. The predicted octanol–water partition coefficient (Wildman–Crippen LogP) is 2.16. The van der Waals surface area contributed by atoms with Gasteiger partial charge in [-0.25, -0.2) is 0 Å². The molecule has 1 unspecified atom stereocenters. The normalized spacial score (nSPS) is 13.5. The first-order chi connectivity index (χ1) is 4.92. The minimum atomic E-state index is 0.211. The molecule has 0 spiro atoms. The Hall–Kier alpha value is -0.480. The molecular weight excluding hydrogens is 134 g/mol. The number of hydrogen-bond acceptors (Lipinski definition) is 1. The van der Waals surface area contributed by atoms with Crippen molar-refractivity contribution in [2.24, 2.45) is 11.1 Å². The third kappa shape index (κ3) is 9.52. The van der Waals surface area contributed by atoms with E-state index in [4.69, 9.17) is 5.73 Å².